The van der Waals surface area contributed by atoms with Crippen molar-refractivity contribution in [3.05, 3.63) is 52.0 Å². The number of rotatable bonds is 5. The first-order valence-electron chi connectivity index (χ1n) is 8.10. The average Bonchev–Trinajstić information content (AvgIpc) is 3.17. The summed E-state index contributed by atoms with van der Waals surface area (Å²) >= 11 is 1.33. The minimum Gasteiger partial charge on any atom is -0.379 e. The van der Waals surface area contributed by atoms with Crippen molar-refractivity contribution in [2.75, 3.05) is 32.8 Å². The fourth-order valence-corrected chi connectivity index (χ4v) is 3.38. The van der Waals surface area contributed by atoms with Gasteiger partial charge in [-0.15, -0.1) is 11.3 Å². The summed E-state index contributed by atoms with van der Waals surface area (Å²) < 4.78 is 43.7. The summed E-state index contributed by atoms with van der Waals surface area (Å²) in [6.45, 7) is 2.69. The van der Waals surface area contributed by atoms with E-state index in [1.165, 1.54) is 23.5 Å². The highest BCUT2D eigenvalue weighted by Crippen LogP contribution is 2.31. The van der Waals surface area contributed by atoms with Crippen molar-refractivity contribution in [3.8, 4) is 0 Å². The second kappa shape index (κ2) is 8.15. The third-order valence-corrected chi connectivity index (χ3v) is 4.82. The van der Waals surface area contributed by atoms with E-state index in [4.69, 9.17) is 4.74 Å². The molecule has 2 heterocycles. The van der Waals surface area contributed by atoms with Crippen molar-refractivity contribution in [3.63, 3.8) is 0 Å². The Kier molecular flexibility index (Phi) is 5.90. The molecule has 1 aliphatic rings. The van der Waals surface area contributed by atoms with E-state index in [-0.39, 0.29) is 18.5 Å². The molecule has 1 aromatic heterocycles. The monoisotopic (exact) mass is 385 g/mol. The molecule has 1 aromatic carbocycles. The van der Waals surface area contributed by atoms with Crippen molar-refractivity contribution in [2.45, 2.75) is 12.2 Å². The van der Waals surface area contributed by atoms with Gasteiger partial charge in [-0.2, -0.15) is 13.2 Å². The molecular weight excluding hydrogens is 367 g/mol. The Morgan fingerprint density at radius 1 is 1.27 bits per heavy atom. The van der Waals surface area contributed by atoms with Gasteiger partial charge in [-0.05, 0) is 17.7 Å². The van der Waals surface area contributed by atoms with Crippen molar-refractivity contribution in [2.24, 2.45) is 0 Å². The van der Waals surface area contributed by atoms with Gasteiger partial charge in [0.2, 0.25) is 0 Å². The van der Waals surface area contributed by atoms with Gasteiger partial charge in [0.1, 0.15) is 5.69 Å². The predicted molar refractivity (Wildman–Crippen MR) is 91.0 cm³/mol. The topological polar surface area (TPSA) is 54.5 Å². The Morgan fingerprint density at radius 2 is 1.96 bits per heavy atom. The lowest BCUT2D eigenvalue weighted by Crippen LogP contribution is -2.43. The summed E-state index contributed by atoms with van der Waals surface area (Å²) in [6.07, 6.45) is -4.37. The van der Waals surface area contributed by atoms with Crippen molar-refractivity contribution in [1.29, 1.82) is 0 Å². The SMILES string of the molecule is O=C(NC[C@H](c1ccc(C(F)(F)F)cc1)N1CCOCC1)c1cscn1. The second-order valence-corrected chi connectivity index (χ2v) is 6.59. The van der Waals surface area contributed by atoms with Gasteiger partial charge in [0, 0.05) is 25.0 Å². The molecule has 3 rings (SSSR count). The average molecular weight is 385 g/mol. The van der Waals surface area contributed by atoms with Crippen LogP contribution in [0.1, 0.15) is 27.7 Å². The first-order chi connectivity index (χ1) is 12.4. The molecular formula is C17H18F3N3O2S. The molecule has 5 nitrogen and oxygen atoms in total. The zero-order valence-electron chi connectivity index (χ0n) is 13.8. The molecule has 1 fully saturated rings. The number of alkyl halides is 3. The highest BCUT2D eigenvalue weighted by Gasteiger charge is 2.31. The number of thiazole rings is 1. The molecule has 1 saturated heterocycles. The maximum atomic E-state index is 12.8. The van der Waals surface area contributed by atoms with E-state index in [0.29, 0.717) is 32.0 Å². The molecule has 9 heteroatoms. The van der Waals surface area contributed by atoms with Crippen LogP contribution in [0.5, 0.6) is 0 Å². The predicted octanol–water partition coefficient (Wildman–Crippen LogP) is 2.97. The van der Waals surface area contributed by atoms with Crippen LogP contribution in [0.3, 0.4) is 0 Å². The summed E-state index contributed by atoms with van der Waals surface area (Å²) in [5.74, 6) is -0.295. The molecule has 1 N–H and O–H groups in total. The molecule has 26 heavy (non-hydrogen) atoms. The lowest BCUT2D eigenvalue weighted by molar-refractivity contribution is -0.137. The van der Waals surface area contributed by atoms with Crippen molar-refractivity contribution < 1.29 is 22.7 Å². The zero-order valence-corrected chi connectivity index (χ0v) is 14.6. The second-order valence-electron chi connectivity index (χ2n) is 5.87. The lowest BCUT2D eigenvalue weighted by Gasteiger charge is -2.35. The normalized spacial score (nSPS) is 17.0. The number of hydrogen-bond donors (Lipinski definition) is 1. The number of nitrogens with zero attached hydrogens (tertiary/aromatic N) is 2. The number of ether oxygens (including phenoxy) is 1. The number of halogens is 3. The molecule has 1 aliphatic heterocycles. The summed E-state index contributed by atoms with van der Waals surface area (Å²) in [5, 5.41) is 4.48. The first-order valence-corrected chi connectivity index (χ1v) is 9.05. The third-order valence-electron chi connectivity index (χ3n) is 4.23. The van der Waals surface area contributed by atoms with Crippen LogP contribution >= 0.6 is 11.3 Å². The van der Waals surface area contributed by atoms with E-state index in [1.54, 1.807) is 10.9 Å². The minimum atomic E-state index is -4.37. The fourth-order valence-electron chi connectivity index (χ4n) is 2.85. The minimum absolute atomic E-state index is 0.233. The van der Waals surface area contributed by atoms with E-state index in [9.17, 15) is 18.0 Å². The van der Waals surface area contributed by atoms with Gasteiger partial charge in [-0.25, -0.2) is 4.98 Å². The lowest BCUT2D eigenvalue weighted by atomic mass is 10.0. The number of morpholine rings is 1. The third kappa shape index (κ3) is 4.60. The van der Waals surface area contributed by atoms with Crippen LogP contribution in [0.15, 0.2) is 35.2 Å². The van der Waals surface area contributed by atoms with Gasteiger partial charge in [-0.3, -0.25) is 9.69 Å². The van der Waals surface area contributed by atoms with E-state index < -0.39 is 11.7 Å². The Bertz CT molecular complexity index is 714. The zero-order chi connectivity index (χ0) is 18.6. The molecule has 140 valence electrons. The van der Waals surface area contributed by atoms with E-state index in [1.807, 2.05) is 0 Å². The molecule has 0 saturated carbocycles. The van der Waals surface area contributed by atoms with Gasteiger partial charge in [0.15, 0.2) is 0 Å². The Hall–Kier alpha value is -1.97. The molecule has 0 bridgehead atoms. The summed E-state index contributed by atoms with van der Waals surface area (Å²) in [7, 11) is 0. The fraction of sp³-hybridized carbons (Fsp3) is 0.412. The Labute approximate surface area is 152 Å². The maximum absolute atomic E-state index is 12.8. The van der Waals surface area contributed by atoms with Gasteiger partial charge in [-0.1, -0.05) is 12.1 Å². The van der Waals surface area contributed by atoms with Crippen LogP contribution in [-0.2, 0) is 10.9 Å². The van der Waals surface area contributed by atoms with Crippen molar-refractivity contribution in [1.82, 2.24) is 15.2 Å². The van der Waals surface area contributed by atoms with Gasteiger partial charge >= 0.3 is 6.18 Å². The number of nitrogens with one attached hydrogen (secondary N) is 1. The number of hydrogen-bond acceptors (Lipinski definition) is 5. The maximum Gasteiger partial charge on any atom is 0.416 e. The highest BCUT2D eigenvalue weighted by atomic mass is 32.1. The van der Waals surface area contributed by atoms with Crippen LogP contribution < -0.4 is 5.32 Å². The summed E-state index contributed by atoms with van der Waals surface area (Å²) in [6, 6.07) is 4.86. The van der Waals surface area contributed by atoms with Crippen LogP contribution in [-0.4, -0.2) is 48.6 Å². The van der Waals surface area contributed by atoms with Crippen LogP contribution in [0.25, 0.3) is 0 Å². The molecule has 2 aromatic rings. The van der Waals surface area contributed by atoms with Gasteiger partial charge < -0.3 is 10.1 Å². The summed E-state index contributed by atoms with van der Waals surface area (Å²) in [4.78, 5) is 18.2. The Balaban J connectivity index is 1.75. The number of benzene rings is 1. The molecule has 0 aliphatic carbocycles. The van der Waals surface area contributed by atoms with E-state index >= 15 is 0 Å². The standard InChI is InChI=1S/C17H18F3N3O2S/c18-17(19,20)13-3-1-12(2-4-13)15(23-5-7-25-8-6-23)9-21-16(24)14-10-26-11-22-14/h1-4,10-11,15H,5-9H2,(H,21,24)/t15-/m1/s1. The smallest absolute Gasteiger partial charge is 0.379 e. The van der Waals surface area contributed by atoms with Crippen LogP contribution in [0.2, 0.25) is 0 Å². The molecule has 0 unspecified atom stereocenters. The molecule has 1 amide bonds. The Morgan fingerprint density at radius 3 is 2.54 bits per heavy atom. The highest BCUT2D eigenvalue weighted by molar-refractivity contribution is 7.07. The van der Waals surface area contributed by atoms with Crippen molar-refractivity contribution >= 4 is 17.2 Å². The largest absolute Gasteiger partial charge is 0.416 e. The quantitative estimate of drug-likeness (QED) is 0.860. The number of carbonyl (C=O) groups excluding carboxylic acids is 1. The van der Waals surface area contributed by atoms with E-state index in [0.717, 1.165) is 17.7 Å². The van der Waals surface area contributed by atoms with Gasteiger partial charge in [0.25, 0.3) is 5.91 Å². The van der Waals surface area contributed by atoms with E-state index in [2.05, 4.69) is 15.2 Å². The first kappa shape index (κ1) is 18.8. The number of amides is 1. The van der Waals surface area contributed by atoms with Gasteiger partial charge in [0.05, 0.1) is 30.3 Å². The number of carbonyl (C=O) groups is 1. The molecule has 0 radical (unpaired) electrons. The number of aromatic nitrogens is 1. The van der Waals surface area contributed by atoms with Crippen LogP contribution in [0, 0.1) is 0 Å². The summed E-state index contributed by atoms with van der Waals surface area (Å²) in [5.41, 5.74) is 1.94. The van der Waals surface area contributed by atoms with Crippen LogP contribution in [0.4, 0.5) is 13.2 Å². The molecule has 0 spiro atoms. The molecule has 1 atom stereocenters.